The van der Waals surface area contributed by atoms with Gasteiger partial charge in [0.05, 0.1) is 11.4 Å². The zero-order valence-electron chi connectivity index (χ0n) is 11.6. The topological polar surface area (TPSA) is 68.8 Å². The Bertz CT molecular complexity index is 760. The molecule has 0 fully saturated rings. The number of rotatable bonds is 3. The van der Waals surface area contributed by atoms with Crippen LogP contribution < -0.4 is 11.1 Å². The Morgan fingerprint density at radius 2 is 2.05 bits per heavy atom. The van der Waals surface area contributed by atoms with Crippen LogP contribution in [0.15, 0.2) is 36.8 Å². The van der Waals surface area contributed by atoms with Gasteiger partial charge in [0.2, 0.25) is 0 Å². The van der Waals surface area contributed by atoms with Crippen molar-refractivity contribution in [3.8, 4) is 0 Å². The van der Waals surface area contributed by atoms with E-state index in [1.54, 1.807) is 12.4 Å². The molecule has 5 nitrogen and oxygen atoms in total. The van der Waals surface area contributed by atoms with Crippen molar-refractivity contribution in [3.63, 3.8) is 0 Å². The monoisotopic (exact) mass is 267 g/mol. The number of fused-ring (bicyclic) bond motifs is 1. The van der Waals surface area contributed by atoms with Gasteiger partial charge in [-0.25, -0.2) is 0 Å². The molecule has 1 aromatic carbocycles. The van der Waals surface area contributed by atoms with Crippen LogP contribution in [0.4, 0.5) is 17.1 Å². The number of nitrogen functional groups attached to an aromatic ring is 1. The molecule has 0 radical (unpaired) electrons. The Morgan fingerprint density at radius 1 is 1.20 bits per heavy atom. The smallest absolute Gasteiger partial charge is 0.0856 e. The SMILES string of the molecule is CCc1nn(C)cc1Nc1ccc(N)c2cnccc12. The standard InChI is InChI=1S/C15H17N5/c1-3-13-15(9-20(2)19-13)18-14-5-4-12(16)11-8-17-7-6-10(11)14/h4-9,18H,3,16H2,1-2H3. The largest absolute Gasteiger partial charge is 0.398 e. The van der Waals surface area contributed by atoms with E-state index in [-0.39, 0.29) is 0 Å². The van der Waals surface area contributed by atoms with Gasteiger partial charge in [-0.3, -0.25) is 9.67 Å². The first-order valence-electron chi connectivity index (χ1n) is 6.60. The van der Waals surface area contributed by atoms with E-state index in [9.17, 15) is 0 Å². The first-order chi connectivity index (χ1) is 9.69. The van der Waals surface area contributed by atoms with Crippen LogP contribution in [-0.2, 0) is 13.5 Å². The third kappa shape index (κ3) is 2.07. The Kier molecular flexibility index (Phi) is 3.02. The Balaban J connectivity index is 2.09. The molecular weight excluding hydrogens is 250 g/mol. The summed E-state index contributed by atoms with van der Waals surface area (Å²) in [6.45, 7) is 2.10. The molecular formula is C15H17N5. The van der Waals surface area contributed by atoms with Crippen LogP contribution in [0.25, 0.3) is 10.8 Å². The molecule has 0 atom stereocenters. The molecule has 0 spiro atoms. The molecule has 0 bridgehead atoms. The van der Waals surface area contributed by atoms with Crippen LogP contribution in [0, 0.1) is 0 Å². The Morgan fingerprint density at radius 3 is 2.85 bits per heavy atom. The summed E-state index contributed by atoms with van der Waals surface area (Å²) in [5, 5.41) is 9.91. The lowest BCUT2D eigenvalue weighted by atomic mass is 10.1. The minimum Gasteiger partial charge on any atom is -0.398 e. The zero-order valence-corrected chi connectivity index (χ0v) is 11.6. The third-order valence-electron chi connectivity index (χ3n) is 3.36. The summed E-state index contributed by atoms with van der Waals surface area (Å²) in [4.78, 5) is 4.14. The average Bonchev–Trinajstić information content (AvgIpc) is 2.82. The molecule has 5 heteroatoms. The number of aromatic nitrogens is 3. The minimum atomic E-state index is 0.737. The Hall–Kier alpha value is -2.56. The highest BCUT2D eigenvalue weighted by atomic mass is 15.3. The van der Waals surface area contributed by atoms with Crippen molar-refractivity contribution in [1.82, 2.24) is 14.8 Å². The number of nitrogens with one attached hydrogen (secondary N) is 1. The van der Waals surface area contributed by atoms with Gasteiger partial charge in [0.1, 0.15) is 0 Å². The van der Waals surface area contributed by atoms with Crippen molar-refractivity contribution in [2.75, 3.05) is 11.1 Å². The van der Waals surface area contributed by atoms with Crippen molar-refractivity contribution in [2.24, 2.45) is 7.05 Å². The normalized spacial score (nSPS) is 10.9. The highest BCUT2D eigenvalue weighted by Gasteiger charge is 2.09. The number of aryl methyl sites for hydroxylation is 2. The number of nitrogens with two attached hydrogens (primary N) is 1. The van der Waals surface area contributed by atoms with Crippen LogP contribution in [0.3, 0.4) is 0 Å². The average molecular weight is 267 g/mol. The fourth-order valence-electron chi connectivity index (χ4n) is 2.37. The van der Waals surface area contributed by atoms with E-state index in [4.69, 9.17) is 5.73 Å². The third-order valence-corrected chi connectivity index (χ3v) is 3.36. The highest BCUT2D eigenvalue weighted by molar-refractivity contribution is 6.01. The molecule has 0 saturated heterocycles. The van der Waals surface area contributed by atoms with Crippen molar-refractivity contribution in [2.45, 2.75) is 13.3 Å². The molecule has 3 aromatic rings. The van der Waals surface area contributed by atoms with Gasteiger partial charge in [-0.15, -0.1) is 0 Å². The molecule has 0 aliphatic carbocycles. The number of pyridine rings is 1. The van der Waals surface area contributed by atoms with Gasteiger partial charge in [0, 0.05) is 47.8 Å². The number of nitrogens with zero attached hydrogens (tertiary/aromatic N) is 3. The molecule has 0 unspecified atom stereocenters. The lowest BCUT2D eigenvalue weighted by Gasteiger charge is -2.10. The fourth-order valence-corrected chi connectivity index (χ4v) is 2.37. The summed E-state index contributed by atoms with van der Waals surface area (Å²) in [7, 11) is 1.93. The van der Waals surface area contributed by atoms with E-state index in [1.807, 2.05) is 36.1 Å². The van der Waals surface area contributed by atoms with E-state index in [1.165, 1.54) is 0 Å². The second-order valence-corrected chi connectivity index (χ2v) is 4.77. The number of anilines is 3. The van der Waals surface area contributed by atoms with Gasteiger partial charge in [0.15, 0.2) is 0 Å². The minimum absolute atomic E-state index is 0.737. The van der Waals surface area contributed by atoms with E-state index >= 15 is 0 Å². The van der Waals surface area contributed by atoms with E-state index in [2.05, 4.69) is 22.3 Å². The summed E-state index contributed by atoms with van der Waals surface area (Å²) in [5.41, 5.74) is 9.82. The molecule has 0 saturated carbocycles. The van der Waals surface area contributed by atoms with Crippen LogP contribution in [-0.4, -0.2) is 14.8 Å². The van der Waals surface area contributed by atoms with Gasteiger partial charge >= 0.3 is 0 Å². The van der Waals surface area contributed by atoms with Gasteiger partial charge in [-0.05, 0) is 24.6 Å². The fraction of sp³-hybridized carbons (Fsp3) is 0.200. The summed E-state index contributed by atoms with van der Waals surface area (Å²) in [5.74, 6) is 0. The van der Waals surface area contributed by atoms with Crippen LogP contribution in [0.5, 0.6) is 0 Å². The number of hydrogen-bond donors (Lipinski definition) is 2. The molecule has 3 rings (SSSR count). The molecule has 2 aromatic heterocycles. The summed E-state index contributed by atoms with van der Waals surface area (Å²) >= 11 is 0. The van der Waals surface area contributed by atoms with Gasteiger partial charge in [-0.2, -0.15) is 5.10 Å². The lowest BCUT2D eigenvalue weighted by molar-refractivity contribution is 0.746. The van der Waals surface area contributed by atoms with Crippen LogP contribution in [0.1, 0.15) is 12.6 Å². The van der Waals surface area contributed by atoms with Crippen LogP contribution >= 0.6 is 0 Å². The second-order valence-electron chi connectivity index (χ2n) is 4.77. The number of hydrogen-bond acceptors (Lipinski definition) is 4. The molecule has 0 aliphatic heterocycles. The van der Waals surface area contributed by atoms with Crippen molar-refractivity contribution in [3.05, 3.63) is 42.5 Å². The van der Waals surface area contributed by atoms with Crippen LogP contribution in [0.2, 0.25) is 0 Å². The van der Waals surface area contributed by atoms with Gasteiger partial charge in [0.25, 0.3) is 0 Å². The Labute approximate surface area is 117 Å². The molecule has 3 N–H and O–H groups in total. The maximum atomic E-state index is 5.99. The maximum Gasteiger partial charge on any atom is 0.0856 e. The summed E-state index contributed by atoms with van der Waals surface area (Å²) in [6.07, 6.45) is 6.44. The second kappa shape index (κ2) is 4.85. The summed E-state index contributed by atoms with van der Waals surface area (Å²) in [6, 6.07) is 5.86. The molecule has 20 heavy (non-hydrogen) atoms. The molecule has 0 amide bonds. The number of benzene rings is 1. The zero-order chi connectivity index (χ0) is 14.1. The van der Waals surface area contributed by atoms with Crippen molar-refractivity contribution in [1.29, 1.82) is 0 Å². The van der Waals surface area contributed by atoms with Gasteiger partial charge in [-0.1, -0.05) is 6.92 Å². The molecule has 0 aliphatic rings. The van der Waals surface area contributed by atoms with Gasteiger partial charge < -0.3 is 11.1 Å². The van der Waals surface area contributed by atoms with Crippen molar-refractivity contribution >= 4 is 27.8 Å². The lowest BCUT2D eigenvalue weighted by Crippen LogP contribution is -1.96. The first-order valence-corrected chi connectivity index (χ1v) is 6.60. The van der Waals surface area contributed by atoms with E-state index in [0.29, 0.717) is 0 Å². The van der Waals surface area contributed by atoms with E-state index in [0.717, 1.165) is 39.9 Å². The summed E-state index contributed by atoms with van der Waals surface area (Å²) < 4.78 is 1.82. The predicted octanol–water partition coefficient (Wildman–Crippen LogP) is 2.86. The van der Waals surface area contributed by atoms with Crippen molar-refractivity contribution < 1.29 is 0 Å². The highest BCUT2D eigenvalue weighted by Crippen LogP contribution is 2.30. The first kappa shape index (κ1) is 12.5. The molecule has 102 valence electrons. The quantitative estimate of drug-likeness (QED) is 0.716. The van der Waals surface area contributed by atoms with E-state index < -0.39 is 0 Å². The predicted molar refractivity (Wildman–Crippen MR) is 82.0 cm³/mol. The molecule has 2 heterocycles. The maximum absolute atomic E-state index is 5.99.